The summed E-state index contributed by atoms with van der Waals surface area (Å²) in [6.07, 6.45) is 3.70. The Hall–Kier alpha value is -1.62. The fourth-order valence-electron chi connectivity index (χ4n) is 2.35. The maximum Gasteiger partial charge on any atom is 0.252 e. The fraction of sp³-hybridized carbons (Fsp3) is 0.538. The van der Waals surface area contributed by atoms with Gasteiger partial charge in [-0.05, 0) is 51.4 Å². The zero-order valence-electron chi connectivity index (χ0n) is 10.9. The molecule has 1 aliphatic heterocycles. The summed E-state index contributed by atoms with van der Waals surface area (Å²) in [6, 6.07) is 1.80. The van der Waals surface area contributed by atoms with E-state index in [9.17, 15) is 4.79 Å². The quantitative estimate of drug-likeness (QED) is 0.746. The summed E-state index contributed by atoms with van der Waals surface area (Å²) in [5.74, 6) is 0.174. The van der Waals surface area contributed by atoms with E-state index in [1.165, 1.54) is 0 Å². The van der Waals surface area contributed by atoms with Crippen molar-refractivity contribution in [1.29, 1.82) is 0 Å². The van der Waals surface area contributed by atoms with Crippen molar-refractivity contribution in [2.45, 2.75) is 32.2 Å². The number of amides is 1. The first kappa shape index (κ1) is 12.8. The zero-order valence-corrected chi connectivity index (χ0v) is 10.9. The van der Waals surface area contributed by atoms with Crippen LogP contribution in [0.15, 0.2) is 12.3 Å². The maximum absolute atomic E-state index is 11.5. The van der Waals surface area contributed by atoms with E-state index >= 15 is 0 Å². The topological polar surface area (TPSA) is 80.0 Å². The van der Waals surface area contributed by atoms with Gasteiger partial charge in [-0.25, -0.2) is 4.98 Å². The molecule has 0 unspecified atom stereocenters. The molecule has 1 saturated heterocycles. The molecule has 4 N–H and O–H groups in total. The van der Waals surface area contributed by atoms with Crippen molar-refractivity contribution in [3.8, 4) is 0 Å². The molecule has 0 aromatic carbocycles. The summed E-state index contributed by atoms with van der Waals surface area (Å²) in [5.41, 5.74) is 6.76. The molecule has 0 atom stereocenters. The standard InChI is InChI=1S/C13H20N4O/c1-9-3-6-16-12(10(9)11(14)18)17-13(2)4-7-15-8-5-13/h3,6,15H,4-5,7-8H2,1-2H3,(H2,14,18)(H,16,17). The molecule has 98 valence electrons. The average molecular weight is 248 g/mol. The van der Waals surface area contributed by atoms with Crippen LogP contribution in [-0.4, -0.2) is 29.5 Å². The third kappa shape index (κ3) is 2.61. The van der Waals surface area contributed by atoms with Crippen LogP contribution in [0.3, 0.4) is 0 Å². The van der Waals surface area contributed by atoms with E-state index in [1.807, 2.05) is 6.92 Å². The summed E-state index contributed by atoms with van der Waals surface area (Å²) >= 11 is 0. The highest BCUT2D eigenvalue weighted by molar-refractivity contribution is 5.99. The average Bonchev–Trinajstić information content (AvgIpc) is 2.28. The van der Waals surface area contributed by atoms with E-state index < -0.39 is 5.91 Å². The number of aromatic nitrogens is 1. The molecule has 0 radical (unpaired) electrons. The smallest absolute Gasteiger partial charge is 0.252 e. The SMILES string of the molecule is Cc1ccnc(NC2(C)CCNCC2)c1C(N)=O. The van der Waals surface area contributed by atoms with Crippen molar-refractivity contribution in [3.63, 3.8) is 0 Å². The Morgan fingerprint density at radius 2 is 2.17 bits per heavy atom. The molecule has 5 nitrogen and oxygen atoms in total. The van der Waals surface area contributed by atoms with Crippen LogP contribution in [0.5, 0.6) is 0 Å². The van der Waals surface area contributed by atoms with E-state index in [2.05, 4.69) is 22.5 Å². The first-order valence-corrected chi connectivity index (χ1v) is 6.26. The molecule has 1 aromatic heterocycles. The largest absolute Gasteiger partial charge is 0.365 e. The predicted molar refractivity (Wildman–Crippen MR) is 71.6 cm³/mol. The molecular weight excluding hydrogens is 228 g/mol. The third-order valence-electron chi connectivity index (χ3n) is 3.53. The second-order valence-electron chi connectivity index (χ2n) is 5.15. The van der Waals surface area contributed by atoms with Gasteiger partial charge >= 0.3 is 0 Å². The number of piperidine rings is 1. The van der Waals surface area contributed by atoms with Gasteiger partial charge in [0.05, 0.1) is 5.56 Å². The van der Waals surface area contributed by atoms with Crippen LogP contribution in [-0.2, 0) is 0 Å². The molecule has 0 bridgehead atoms. The Bertz CT molecular complexity index is 452. The highest BCUT2D eigenvalue weighted by Gasteiger charge is 2.28. The molecule has 5 heteroatoms. The van der Waals surface area contributed by atoms with Gasteiger partial charge in [-0.15, -0.1) is 0 Å². The van der Waals surface area contributed by atoms with Crippen molar-refractivity contribution in [2.75, 3.05) is 18.4 Å². The van der Waals surface area contributed by atoms with Gasteiger partial charge in [-0.2, -0.15) is 0 Å². The van der Waals surface area contributed by atoms with Crippen molar-refractivity contribution >= 4 is 11.7 Å². The summed E-state index contributed by atoms with van der Waals surface area (Å²) in [5, 5.41) is 6.72. The second-order valence-corrected chi connectivity index (χ2v) is 5.15. The minimum absolute atomic E-state index is 0.0315. The molecule has 18 heavy (non-hydrogen) atoms. The lowest BCUT2D eigenvalue weighted by molar-refractivity contribution is 0.1000. The summed E-state index contributed by atoms with van der Waals surface area (Å²) < 4.78 is 0. The van der Waals surface area contributed by atoms with Gasteiger partial charge in [-0.3, -0.25) is 4.79 Å². The lowest BCUT2D eigenvalue weighted by atomic mass is 9.90. The summed E-state index contributed by atoms with van der Waals surface area (Å²) in [7, 11) is 0. The number of carbonyl (C=O) groups is 1. The lowest BCUT2D eigenvalue weighted by Crippen LogP contribution is -2.45. The number of hydrogen-bond acceptors (Lipinski definition) is 4. The number of pyridine rings is 1. The number of nitrogens with two attached hydrogens (primary N) is 1. The van der Waals surface area contributed by atoms with Crippen molar-refractivity contribution in [2.24, 2.45) is 5.73 Å². The van der Waals surface area contributed by atoms with Crippen LogP contribution >= 0.6 is 0 Å². The second kappa shape index (κ2) is 4.94. The Balaban J connectivity index is 2.28. The van der Waals surface area contributed by atoms with Crippen LogP contribution < -0.4 is 16.4 Å². The maximum atomic E-state index is 11.5. The first-order valence-electron chi connectivity index (χ1n) is 6.26. The van der Waals surface area contributed by atoms with Crippen LogP contribution in [0.4, 0.5) is 5.82 Å². The lowest BCUT2D eigenvalue weighted by Gasteiger charge is -2.36. The van der Waals surface area contributed by atoms with E-state index in [1.54, 1.807) is 12.3 Å². The summed E-state index contributed by atoms with van der Waals surface area (Å²) in [6.45, 7) is 5.97. The normalized spacial score (nSPS) is 18.3. The number of carbonyl (C=O) groups excluding carboxylic acids is 1. The number of hydrogen-bond donors (Lipinski definition) is 3. The highest BCUT2D eigenvalue weighted by atomic mass is 16.1. The Morgan fingerprint density at radius 3 is 2.78 bits per heavy atom. The van der Waals surface area contributed by atoms with Gasteiger partial charge in [-0.1, -0.05) is 0 Å². The number of nitrogens with zero attached hydrogens (tertiary/aromatic N) is 1. The molecule has 1 amide bonds. The van der Waals surface area contributed by atoms with Gasteiger partial charge < -0.3 is 16.4 Å². The van der Waals surface area contributed by atoms with E-state index in [0.29, 0.717) is 11.4 Å². The van der Waals surface area contributed by atoms with Gasteiger partial charge in [0.15, 0.2) is 0 Å². The number of rotatable bonds is 3. The molecule has 0 aliphatic carbocycles. The molecule has 2 heterocycles. The van der Waals surface area contributed by atoms with Crippen LogP contribution in [0.2, 0.25) is 0 Å². The fourth-order valence-corrected chi connectivity index (χ4v) is 2.35. The van der Waals surface area contributed by atoms with Crippen LogP contribution in [0.25, 0.3) is 0 Å². The number of primary amides is 1. The number of aryl methyl sites for hydroxylation is 1. The monoisotopic (exact) mass is 248 g/mol. The highest BCUT2D eigenvalue weighted by Crippen LogP contribution is 2.25. The number of nitrogens with one attached hydrogen (secondary N) is 2. The molecule has 1 aromatic rings. The molecule has 1 fully saturated rings. The van der Waals surface area contributed by atoms with Gasteiger partial charge in [0.25, 0.3) is 5.91 Å². The van der Waals surface area contributed by atoms with Gasteiger partial charge in [0.1, 0.15) is 5.82 Å². The predicted octanol–water partition coefficient (Wildman–Crippen LogP) is 1.04. The zero-order chi connectivity index (χ0) is 13.2. The van der Waals surface area contributed by atoms with Gasteiger partial charge in [0.2, 0.25) is 0 Å². The molecule has 1 aliphatic rings. The number of anilines is 1. The van der Waals surface area contributed by atoms with Crippen LogP contribution in [0.1, 0.15) is 35.7 Å². The van der Waals surface area contributed by atoms with Crippen LogP contribution in [0, 0.1) is 6.92 Å². The molecule has 0 saturated carbocycles. The molecule has 2 rings (SSSR count). The van der Waals surface area contributed by atoms with E-state index in [4.69, 9.17) is 5.73 Å². The first-order chi connectivity index (χ1) is 8.52. The molecular formula is C13H20N4O. The third-order valence-corrected chi connectivity index (χ3v) is 3.53. The minimum atomic E-state index is -0.430. The summed E-state index contributed by atoms with van der Waals surface area (Å²) in [4.78, 5) is 15.8. The molecule has 0 spiro atoms. The van der Waals surface area contributed by atoms with Crippen molar-refractivity contribution in [1.82, 2.24) is 10.3 Å². The Labute approximate surface area is 107 Å². The Kier molecular flexibility index (Phi) is 3.52. The van der Waals surface area contributed by atoms with Crippen molar-refractivity contribution in [3.05, 3.63) is 23.4 Å². The van der Waals surface area contributed by atoms with E-state index in [0.717, 1.165) is 31.5 Å². The Morgan fingerprint density at radius 1 is 1.50 bits per heavy atom. The minimum Gasteiger partial charge on any atom is -0.365 e. The van der Waals surface area contributed by atoms with E-state index in [-0.39, 0.29) is 5.54 Å². The van der Waals surface area contributed by atoms with Crippen molar-refractivity contribution < 1.29 is 4.79 Å². The van der Waals surface area contributed by atoms with Gasteiger partial charge in [0, 0.05) is 11.7 Å².